The number of pyridine rings is 1. The lowest BCUT2D eigenvalue weighted by atomic mass is 10.1. The summed E-state index contributed by atoms with van der Waals surface area (Å²) in [5.41, 5.74) is 1.03. The van der Waals surface area contributed by atoms with E-state index in [9.17, 15) is 4.79 Å². The molecule has 0 spiro atoms. The summed E-state index contributed by atoms with van der Waals surface area (Å²) >= 11 is 0. The van der Waals surface area contributed by atoms with Crippen LogP contribution in [0, 0.1) is 0 Å². The van der Waals surface area contributed by atoms with Crippen LogP contribution < -0.4 is 10.6 Å². The van der Waals surface area contributed by atoms with Gasteiger partial charge in [0.05, 0.1) is 12.2 Å². The van der Waals surface area contributed by atoms with Crippen LogP contribution in [0.1, 0.15) is 31.9 Å². The Kier molecular flexibility index (Phi) is 9.04. The molecule has 0 aliphatic carbocycles. The molecule has 1 amide bonds. The second kappa shape index (κ2) is 10.5. The average molecular weight is 327 g/mol. The van der Waals surface area contributed by atoms with Crippen molar-refractivity contribution in [3.63, 3.8) is 0 Å². The largest absolute Gasteiger partial charge is 0.355 e. The van der Waals surface area contributed by atoms with Gasteiger partial charge in [-0.2, -0.15) is 0 Å². The van der Waals surface area contributed by atoms with E-state index in [0.29, 0.717) is 19.1 Å². The van der Waals surface area contributed by atoms with Crippen LogP contribution in [0.25, 0.3) is 0 Å². The molecule has 2 rings (SSSR count). The first-order valence-electron chi connectivity index (χ1n) is 7.91. The van der Waals surface area contributed by atoms with Gasteiger partial charge in [-0.25, -0.2) is 0 Å². The predicted molar refractivity (Wildman–Crippen MR) is 91.1 cm³/mol. The first kappa shape index (κ1) is 18.9. The van der Waals surface area contributed by atoms with Crippen LogP contribution in [-0.2, 0) is 11.3 Å². The molecule has 1 unspecified atom stereocenters. The highest BCUT2D eigenvalue weighted by atomic mass is 35.5. The van der Waals surface area contributed by atoms with Crippen LogP contribution >= 0.6 is 12.4 Å². The van der Waals surface area contributed by atoms with Crippen LogP contribution in [0.3, 0.4) is 0 Å². The van der Waals surface area contributed by atoms with Crippen molar-refractivity contribution in [3.05, 3.63) is 30.1 Å². The number of likely N-dealkylation sites (N-methyl/N-ethyl adjacent to an activating group) is 1. The molecule has 0 bridgehead atoms. The minimum atomic E-state index is 0. The molecule has 0 aromatic carbocycles. The normalized spacial score (nSPS) is 18.4. The maximum Gasteiger partial charge on any atom is 0.234 e. The quantitative estimate of drug-likeness (QED) is 0.833. The Morgan fingerprint density at radius 1 is 1.41 bits per heavy atom. The number of carbonyl (C=O) groups excluding carboxylic acids is 1. The van der Waals surface area contributed by atoms with Crippen LogP contribution in [0.2, 0.25) is 0 Å². The maximum atomic E-state index is 12.0. The van der Waals surface area contributed by atoms with E-state index in [1.54, 1.807) is 0 Å². The van der Waals surface area contributed by atoms with E-state index in [4.69, 9.17) is 0 Å². The number of hydrogen-bond acceptors (Lipinski definition) is 4. The topological polar surface area (TPSA) is 57.3 Å². The van der Waals surface area contributed by atoms with Gasteiger partial charge in [-0.05, 0) is 51.4 Å². The predicted octanol–water partition coefficient (Wildman–Crippen LogP) is 1.58. The van der Waals surface area contributed by atoms with Gasteiger partial charge in [-0.3, -0.25) is 14.7 Å². The molecule has 0 saturated carbocycles. The van der Waals surface area contributed by atoms with Crippen LogP contribution in [0.4, 0.5) is 0 Å². The average Bonchev–Trinajstić information content (AvgIpc) is 2.77. The fourth-order valence-electron chi connectivity index (χ4n) is 2.82. The Bertz CT molecular complexity index is 421. The molecule has 1 atom stereocenters. The number of carbonyl (C=O) groups is 1. The number of aromatic nitrogens is 1. The van der Waals surface area contributed by atoms with E-state index in [0.717, 1.165) is 38.2 Å². The maximum absolute atomic E-state index is 12.0. The van der Waals surface area contributed by atoms with Gasteiger partial charge in [0.2, 0.25) is 5.91 Å². The molecule has 5 nitrogen and oxygen atoms in total. The van der Waals surface area contributed by atoms with Gasteiger partial charge >= 0.3 is 0 Å². The Balaban J connectivity index is 0.00000242. The second-order valence-corrected chi connectivity index (χ2v) is 5.51. The van der Waals surface area contributed by atoms with Gasteiger partial charge in [0.25, 0.3) is 0 Å². The third kappa shape index (κ3) is 6.30. The van der Waals surface area contributed by atoms with Crippen molar-refractivity contribution in [3.8, 4) is 0 Å². The molecule has 2 heterocycles. The summed E-state index contributed by atoms with van der Waals surface area (Å²) in [7, 11) is 0. The van der Waals surface area contributed by atoms with Gasteiger partial charge in [0, 0.05) is 25.3 Å². The van der Waals surface area contributed by atoms with E-state index in [-0.39, 0.29) is 18.3 Å². The van der Waals surface area contributed by atoms with E-state index >= 15 is 0 Å². The van der Waals surface area contributed by atoms with Crippen LogP contribution in [0.15, 0.2) is 24.4 Å². The van der Waals surface area contributed by atoms with Crippen molar-refractivity contribution < 1.29 is 4.79 Å². The lowest BCUT2D eigenvalue weighted by Gasteiger charge is -2.30. The lowest BCUT2D eigenvalue weighted by molar-refractivity contribution is -0.123. The van der Waals surface area contributed by atoms with Gasteiger partial charge in [0.15, 0.2) is 0 Å². The first-order valence-corrected chi connectivity index (χ1v) is 7.91. The molecular formula is C16H27ClN4O. The van der Waals surface area contributed by atoms with Crippen LogP contribution in [0.5, 0.6) is 0 Å². The van der Waals surface area contributed by atoms with E-state index in [2.05, 4.69) is 20.5 Å². The summed E-state index contributed by atoms with van der Waals surface area (Å²) in [6, 6.07) is 6.40. The van der Waals surface area contributed by atoms with Gasteiger partial charge < -0.3 is 10.6 Å². The number of amides is 1. The third-order valence-corrected chi connectivity index (χ3v) is 3.87. The van der Waals surface area contributed by atoms with E-state index in [1.165, 1.54) is 6.42 Å². The number of nitrogens with zero attached hydrogens (tertiary/aromatic N) is 2. The number of rotatable bonds is 6. The zero-order chi connectivity index (χ0) is 14.9. The third-order valence-electron chi connectivity index (χ3n) is 3.87. The van der Waals surface area contributed by atoms with Crippen LogP contribution in [-0.4, -0.2) is 48.0 Å². The monoisotopic (exact) mass is 326 g/mol. The molecular weight excluding hydrogens is 300 g/mol. The molecule has 1 aliphatic heterocycles. The van der Waals surface area contributed by atoms with Gasteiger partial charge in [0.1, 0.15) is 0 Å². The van der Waals surface area contributed by atoms with Crippen molar-refractivity contribution >= 4 is 18.3 Å². The number of halogens is 1. The number of hydrogen-bond donors (Lipinski definition) is 2. The summed E-state index contributed by atoms with van der Waals surface area (Å²) in [6.45, 7) is 5.94. The Labute approximate surface area is 139 Å². The molecule has 0 radical (unpaired) electrons. The molecule has 2 N–H and O–H groups in total. The molecule has 1 aliphatic rings. The minimum Gasteiger partial charge on any atom is -0.355 e. The van der Waals surface area contributed by atoms with E-state index in [1.807, 2.05) is 31.3 Å². The molecule has 1 saturated heterocycles. The summed E-state index contributed by atoms with van der Waals surface area (Å²) in [5, 5.41) is 6.33. The highest BCUT2D eigenvalue weighted by molar-refractivity contribution is 5.85. The first-order chi connectivity index (χ1) is 10.3. The molecule has 6 heteroatoms. The van der Waals surface area contributed by atoms with Crippen molar-refractivity contribution in [2.75, 3.05) is 26.2 Å². The zero-order valence-corrected chi connectivity index (χ0v) is 14.1. The number of nitrogens with one attached hydrogen (secondary N) is 2. The smallest absolute Gasteiger partial charge is 0.234 e. The van der Waals surface area contributed by atoms with Crippen molar-refractivity contribution in [1.82, 2.24) is 20.5 Å². The van der Waals surface area contributed by atoms with E-state index < -0.39 is 0 Å². The molecule has 1 aromatic heterocycles. The molecule has 124 valence electrons. The summed E-state index contributed by atoms with van der Waals surface area (Å²) < 4.78 is 0. The Morgan fingerprint density at radius 2 is 2.27 bits per heavy atom. The fraction of sp³-hybridized carbons (Fsp3) is 0.625. The Morgan fingerprint density at radius 3 is 3.00 bits per heavy atom. The van der Waals surface area contributed by atoms with Crippen molar-refractivity contribution in [2.45, 2.75) is 38.8 Å². The summed E-state index contributed by atoms with van der Waals surface area (Å²) in [4.78, 5) is 18.7. The molecule has 1 fully saturated rings. The van der Waals surface area contributed by atoms with Gasteiger partial charge in [-0.1, -0.05) is 6.07 Å². The van der Waals surface area contributed by atoms with Crippen molar-refractivity contribution in [1.29, 1.82) is 0 Å². The molecule has 22 heavy (non-hydrogen) atoms. The summed E-state index contributed by atoms with van der Waals surface area (Å²) in [6.07, 6.45) is 5.21. The zero-order valence-electron chi connectivity index (χ0n) is 13.3. The summed E-state index contributed by atoms with van der Waals surface area (Å²) in [5.74, 6) is 0.102. The second-order valence-electron chi connectivity index (χ2n) is 5.51. The van der Waals surface area contributed by atoms with Gasteiger partial charge in [-0.15, -0.1) is 12.4 Å². The SMILES string of the molecule is CCNC(=O)CN(Cc1ccccn1)C1CCCNCC1.Cl. The highest BCUT2D eigenvalue weighted by Gasteiger charge is 2.22. The standard InChI is InChI=1S/C16H26N4O.ClH/c1-2-18-16(21)13-20(12-14-6-3-4-10-19-14)15-7-5-9-17-11-8-15;/h3-4,6,10,15,17H,2,5,7-9,11-13H2,1H3,(H,18,21);1H. The minimum absolute atomic E-state index is 0. The highest BCUT2D eigenvalue weighted by Crippen LogP contribution is 2.15. The lowest BCUT2D eigenvalue weighted by Crippen LogP contribution is -2.43. The molecule has 1 aromatic rings. The van der Waals surface area contributed by atoms with Crippen molar-refractivity contribution in [2.24, 2.45) is 0 Å². The fourth-order valence-corrected chi connectivity index (χ4v) is 2.82. The Hall–Kier alpha value is -1.17.